The Morgan fingerprint density at radius 2 is 1.87 bits per heavy atom. The van der Waals surface area contributed by atoms with Crippen LogP contribution in [0, 0.1) is 24.7 Å². The van der Waals surface area contributed by atoms with Crippen LogP contribution in [0.4, 0.5) is 0 Å². The zero-order chi connectivity index (χ0) is 16.2. The van der Waals surface area contributed by atoms with Gasteiger partial charge in [-0.3, -0.25) is 0 Å². The standard InChI is InChI=1S/C22H27S/c1-16(2)21-15-19(11-10-18-7-5-4-6-8-18)12-13-20(21)22-14-9-17(3)23-22/h4-9,13-14,19,21H,10-12,15H2,1-3H3. The third kappa shape index (κ3) is 4.14. The average molecular weight is 324 g/mol. The molecule has 1 aliphatic carbocycles. The van der Waals surface area contributed by atoms with E-state index < -0.39 is 0 Å². The molecule has 0 fully saturated rings. The van der Waals surface area contributed by atoms with Crippen LogP contribution < -0.4 is 0 Å². The van der Waals surface area contributed by atoms with Gasteiger partial charge >= 0.3 is 0 Å². The van der Waals surface area contributed by atoms with Gasteiger partial charge in [0.15, 0.2) is 0 Å². The first-order chi connectivity index (χ1) is 11.1. The molecule has 2 atom stereocenters. The summed E-state index contributed by atoms with van der Waals surface area (Å²) in [5.41, 5.74) is 3.06. The smallest absolute Gasteiger partial charge is 0.0304 e. The Balaban J connectivity index is 1.69. The van der Waals surface area contributed by atoms with Crippen molar-refractivity contribution in [3.05, 3.63) is 69.8 Å². The van der Waals surface area contributed by atoms with Crippen LogP contribution in [0.3, 0.4) is 0 Å². The molecule has 1 aliphatic rings. The van der Waals surface area contributed by atoms with E-state index in [1.807, 2.05) is 11.3 Å². The quantitative estimate of drug-likeness (QED) is 0.573. The van der Waals surface area contributed by atoms with Crippen LogP contribution in [0.25, 0.3) is 5.57 Å². The highest BCUT2D eigenvalue weighted by atomic mass is 32.1. The van der Waals surface area contributed by atoms with Gasteiger partial charge in [-0.15, -0.1) is 11.3 Å². The Labute approximate surface area is 145 Å². The molecule has 0 spiro atoms. The third-order valence-electron chi connectivity index (χ3n) is 5.02. The van der Waals surface area contributed by atoms with Crippen molar-refractivity contribution in [3.8, 4) is 0 Å². The van der Waals surface area contributed by atoms with Gasteiger partial charge in [-0.25, -0.2) is 0 Å². The highest BCUT2D eigenvalue weighted by molar-refractivity contribution is 7.13. The molecule has 3 rings (SSSR count). The monoisotopic (exact) mass is 323 g/mol. The summed E-state index contributed by atoms with van der Waals surface area (Å²) in [4.78, 5) is 2.90. The largest absolute Gasteiger partial charge is 0.141 e. The second-order valence-corrected chi connectivity index (χ2v) is 8.35. The first-order valence-electron chi connectivity index (χ1n) is 8.74. The first-order valence-corrected chi connectivity index (χ1v) is 9.56. The van der Waals surface area contributed by atoms with Crippen molar-refractivity contribution >= 4 is 16.9 Å². The van der Waals surface area contributed by atoms with Gasteiger partial charge in [0.1, 0.15) is 0 Å². The van der Waals surface area contributed by atoms with Crippen molar-refractivity contribution in [1.29, 1.82) is 0 Å². The van der Waals surface area contributed by atoms with E-state index in [-0.39, 0.29) is 0 Å². The molecule has 0 nitrogen and oxygen atoms in total. The molecule has 0 aliphatic heterocycles. The molecule has 0 bridgehead atoms. The maximum atomic E-state index is 2.53. The second-order valence-electron chi connectivity index (χ2n) is 7.06. The van der Waals surface area contributed by atoms with Crippen molar-refractivity contribution in [3.63, 3.8) is 0 Å². The van der Waals surface area contributed by atoms with E-state index in [1.165, 1.54) is 41.0 Å². The SMILES string of the molecule is C[C](C)C1CC(CCc2ccccc2)CC=C1c1ccc(C)s1. The average Bonchev–Trinajstić information content (AvgIpc) is 3.00. The van der Waals surface area contributed by atoms with Gasteiger partial charge in [0, 0.05) is 9.75 Å². The highest BCUT2D eigenvalue weighted by Gasteiger charge is 2.28. The molecule has 1 heteroatoms. The summed E-state index contributed by atoms with van der Waals surface area (Å²) >= 11 is 1.95. The van der Waals surface area contributed by atoms with Gasteiger partial charge < -0.3 is 0 Å². The maximum Gasteiger partial charge on any atom is 0.0304 e. The Morgan fingerprint density at radius 3 is 2.52 bits per heavy atom. The van der Waals surface area contributed by atoms with Crippen molar-refractivity contribution in [1.82, 2.24) is 0 Å². The Bertz CT molecular complexity index is 648. The van der Waals surface area contributed by atoms with Crippen LogP contribution in [-0.2, 0) is 6.42 Å². The molecule has 2 unspecified atom stereocenters. The number of rotatable bonds is 5. The molecule has 2 aromatic rings. The van der Waals surface area contributed by atoms with Crippen molar-refractivity contribution in [2.24, 2.45) is 11.8 Å². The van der Waals surface area contributed by atoms with Gasteiger partial charge in [0.25, 0.3) is 0 Å². The third-order valence-corrected chi connectivity index (χ3v) is 6.07. The van der Waals surface area contributed by atoms with E-state index in [1.54, 1.807) is 11.5 Å². The van der Waals surface area contributed by atoms with Gasteiger partial charge in [-0.1, -0.05) is 50.3 Å². The summed E-state index contributed by atoms with van der Waals surface area (Å²) in [7, 11) is 0. The van der Waals surface area contributed by atoms with Gasteiger partial charge in [0.2, 0.25) is 0 Å². The molecule has 23 heavy (non-hydrogen) atoms. The molecular weight excluding hydrogens is 296 g/mol. The molecule has 0 amide bonds. The van der Waals surface area contributed by atoms with Crippen molar-refractivity contribution in [2.75, 3.05) is 0 Å². The van der Waals surface area contributed by atoms with Crippen molar-refractivity contribution < 1.29 is 0 Å². The van der Waals surface area contributed by atoms with Gasteiger partial charge in [0.05, 0.1) is 0 Å². The number of hydrogen-bond acceptors (Lipinski definition) is 1. The fraction of sp³-hybridized carbons (Fsp3) is 0.409. The minimum Gasteiger partial charge on any atom is -0.141 e. The van der Waals surface area contributed by atoms with E-state index in [0.29, 0.717) is 5.92 Å². The lowest BCUT2D eigenvalue weighted by atomic mass is 9.73. The van der Waals surface area contributed by atoms with E-state index in [9.17, 15) is 0 Å². The lowest BCUT2D eigenvalue weighted by molar-refractivity contribution is 0.393. The molecule has 1 aromatic carbocycles. The lowest BCUT2D eigenvalue weighted by Gasteiger charge is -2.32. The topological polar surface area (TPSA) is 0 Å². The van der Waals surface area contributed by atoms with Crippen LogP contribution in [0.5, 0.6) is 0 Å². The second kappa shape index (κ2) is 7.49. The number of thiophene rings is 1. The predicted octanol–water partition coefficient (Wildman–Crippen LogP) is 6.71. The minimum atomic E-state index is 0.641. The first kappa shape index (κ1) is 16.5. The number of hydrogen-bond donors (Lipinski definition) is 0. The van der Waals surface area contributed by atoms with Gasteiger partial charge in [-0.2, -0.15) is 0 Å². The lowest BCUT2D eigenvalue weighted by Crippen LogP contribution is -2.19. The summed E-state index contributed by atoms with van der Waals surface area (Å²) in [6.45, 7) is 6.81. The Hall–Kier alpha value is -1.34. The van der Waals surface area contributed by atoms with E-state index in [2.05, 4.69) is 69.3 Å². The highest BCUT2D eigenvalue weighted by Crippen LogP contribution is 2.43. The summed E-state index contributed by atoms with van der Waals surface area (Å²) in [6, 6.07) is 15.5. The van der Waals surface area contributed by atoms with Crippen LogP contribution in [0.15, 0.2) is 48.5 Å². The molecule has 0 N–H and O–H groups in total. The van der Waals surface area contributed by atoms with Crippen molar-refractivity contribution in [2.45, 2.75) is 46.5 Å². The molecule has 0 saturated heterocycles. The van der Waals surface area contributed by atoms with Crippen LogP contribution in [-0.4, -0.2) is 0 Å². The fourth-order valence-electron chi connectivity index (χ4n) is 3.65. The van der Waals surface area contributed by atoms with Crippen LogP contribution >= 0.6 is 11.3 Å². The Kier molecular flexibility index (Phi) is 5.38. The summed E-state index contributed by atoms with van der Waals surface area (Å²) in [6.07, 6.45) is 7.60. The molecule has 1 radical (unpaired) electrons. The molecular formula is C22H27S. The van der Waals surface area contributed by atoms with Crippen LogP contribution in [0.2, 0.25) is 0 Å². The predicted molar refractivity (Wildman–Crippen MR) is 103 cm³/mol. The molecule has 1 aromatic heterocycles. The number of aryl methyl sites for hydroxylation is 2. The van der Waals surface area contributed by atoms with E-state index in [0.717, 1.165) is 5.92 Å². The summed E-state index contributed by atoms with van der Waals surface area (Å²) in [5.74, 6) is 3.02. The van der Waals surface area contributed by atoms with E-state index >= 15 is 0 Å². The maximum absolute atomic E-state index is 2.53. The molecule has 1 heterocycles. The summed E-state index contributed by atoms with van der Waals surface area (Å²) in [5, 5.41) is 0. The zero-order valence-corrected chi connectivity index (χ0v) is 15.3. The van der Waals surface area contributed by atoms with Gasteiger partial charge in [-0.05, 0) is 73.6 Å². The number of benzene rings is 1. The summed E-state index contributed by atoms with van der Waals surface area (Å²) < 4.78 is 0. The number of allylic oxidation sites excluding steroid dienone is 2. The normalized spacial score (nSPS) is 21.5. The zero-order valence-electron chi connectivity index (χ0n) is 14.5. The van der Waals surface area contributed by atoms with Crippen LogP contribution in [0.1, 0.15) is 48.4 Å². The molecule has 121 valence electrons. The van der Waals surface area contributed by atoms with E-state index in [4.69, 9.17) is 0 Å². The minimum absolute atomic E-state index is 0.641. The fourth-order valence-corrected chi connectivity index (χ4v) is 4.61. The molecule has 0 saturated carbocycles. The Morgan fingerprint density at radius 1 is 1.09 bits per heavy atom.